The first-order valence-corrected chi connectivity index (χ1v) is 12.5. The van der Waals surface area contributed by atoms with E-state index >= 15 is 0 Å². The summed E-state index contributed by atoms with van der Waals surface area (Å²) in [6.45, 7) is 4.09. The molecule has 166 valence electrons. The summed E-state index contributed by atoms with van der Waals surface area (Å²) in [5, 5.41) is 0. The van der Waals surface area contributed by atoms with Crippen molar-refractivity contribution in [2.45, 2.75) is 117 Å². The van der Waals surface area contributed by atoms with Crippen LogP contribution in [-0.2, 0) is 0 Å². The minimum atomic E-state index is 0.0289. The third kappa shape index (κ3) is 7.85. The molecule has 0 aliphatic heterocycles. The highest BCUT2D eigenvalue weighted by Crippen LogP contribution is 2.29. The first-order chi connectivity index (χ1) is 14.7. The van der Waals surface area contributed by atoms with Crippen molar-refractivity contribution in [2.75, 3.05) is 0 Å². The summed E-state index contributed by atoms with van der Waals surface area (Å²) in [6, 6.07) is 7.23. The van der Waals surface area contributed by atoms with Gasteiger partial charge in [0.2, 0.25) is 0 Å². The molecule has 0 heterocycles. The van der Waals surface area contributed by atoms with Gasteiger partial charge in [-0.15, -0.1) is 0 Å². The summed E-state index contributed by atoms with van der Waals surface area (Å²) in [7, 11) is 0. The van der Waals surface area contributed by atoms with Crippen LogP contribution in [-0.4, -0.2) is 11.6 Å². The highest BCUT2D eigenvalue weighted by molar-refractivity contribution is 6.26. The Kier molecular flexibility index (Phi) is 11.7. The Morgan fingerprint density at radius 2 is 0.967 bits per heavy atom. The Balaban J connectivity index is 1.50. The maximum absolute atomic E-state index is 12.7. The zero-order chi connectivity index (χ0) is 21.6. The molecule has 30 heavy (non-hydrogen) atoms. The number of hydrogen-bond acceptors (Lipinski definition) is 2. The molecule has 0 bridgehead atoms. The second kappa shape index (κ2) is 14.3. The van der Waals surface area contributed by atoms with Gasteiger partial charge in [0.25, 0.3) is 0 Å². The van der Waals surface area contributed by atoms with E-state index in [-0.39, 0.29) is 11.6 Å². The normalized spacial score (nSPS) is 13.8. The van der Waals surface area contributed by atoms with Gasteiger partial charge in [-0.25, -0.2) is 0 Å². The Labute approximate surface area is 184 Å². The van der Waals surface area contributed by atoms with Crippen molar-refractivity contribution >= 4 is 11.6 Å². The molecule has 0 radical (unpaired) electrons. The molecule has 0 amide bonds. The summed E-state index contributed by atoms with van der Waals surface area (Å²) >= 11 is 0. The second-order valence-corrected chi connectivity index (χ2v) is 9.01. The Bertz CT molecular complexity index is 698. The first kappa shape index (κ1) is 24.6. The summed E-state index contributed by atoms with van der Waals surface area (Å²) in [5.74, 6) is 0.0919. The van der Waals surface area contributed by atoms with Crippen LogP contribution in [0.1, 0.15) is 137 Å². The number of unbranched alkanes of at least 4 members (excludes halogenated alkanes) is 14. The number of allylic oxidation sites excluding steroid dienone is 2. The molecule has 0 atom stereocenters. The number of carbonyl (C=O) groups is 2. The van der Waals surface area contributed by atoms with Gasteiger partial charge in [-0.05, 0) is 19.8 Å². The average molecular weight is 411 g/mol. The van der Waals surface area contributed by atoms with Crippen molar-refractivity contribution in [1.29, 1.82) is 0 Å². The fourth-order valence-corrected chi connectivity index (χ4v) is 4.53. The molecule has 2 nitrogen and oxygen atoms in total. The molecule has 2 heteroatoms. The fourth-order valence-electron chi connectivity index (χ4n) is 4.53. The van der Waals surface area contributed by atoms with Crippen LogP contribution in [0.15, 0.2) is 35.4 Å². The van der Waals surface area contributed by atoms with Gasteiger partial charge < -0.3 is 0 Å². The van der Waals surface area contributed by atoms with E-state index in [1.165, 1.54) is 83.5 Å². The monoisotopic (exact) mass is 410 g/mol. The van der Waals surface area contributed by atoms with E-state index < -0.39 is 0 Å². The summed E-state index contributed by atoms with van der Waals surface area (Å²) in [6.07, 6.45) is 20.8. The van der Waals surface area contributed by atoms with E-state index in [1.54, 1.807) is 12.1 Å². The molecule has 2 rings (SSSR count). The SMILES string of the molecule is CCCCCCCCCCCCCCCCCC1=C(C)C(=O)c2ccccc2C1=O. The highest BCUT2D eigenvalue weighted by atomic mass is 16.1. The lowest BCUT2D eigenvalue weighted by atomic mass is 9.82. The zero-order valence-electron chi connectivity index (χ0n) is 19.4. The van der Waals surface area contributed by atoms with Gasteiger partial charge in [0.15, 0.2) is 11.6 Å². The largest absolute Gasteiger partial charge is 0.289 e. The van der Waals surface area contributed by atoms with Crippen LogP contribution in [0.4, 0.5) is 0 Å². The standard InChI is InChI=1S/C28H42O2/c1-3-4-5-6-7-8-9-10-11-12-13-14-15-16-17-20-24-23(2)27(29)25-21-18-19-22-26(25)28(24)30/h18-19,21-22H,3-17,20H2,1-2H3. The van der Waals surface area contributed by atoms with Crippen LogP contribution in [0.2, 0.25) is 0 Å². The van der Waals surface area contributed by atoms with Crippen LogP contribution in [0.25, 0.3) is 0 Å². The molecule has 0 spiro atoms. The topological polar surface area (TPSA) is 34.1 Å². The lowest BCUT2D eigenvalue weighted by molar-refractivity contribution is 0.0971. The highest BCUT2D eigenvalue weighted by Gasteiger charge is 2.28. The summed E-state index contributed by atoms with van der Waals surface area (Å²) in [4.78, 5) is 25.3. The maximum Gasteiger partial charge on any atom is 0.190 e. The van der Waals surface area contributed by atoms with Crippen LogP contribution >= 0.6 is 0 Å². The molecule has 0 saturated carbocycles. The van der Waals surface area contributed by atoms with Crippen LogP contribution in [0.5, 0.6) is 0 Å². The number of carbonyl (C=O) groups excluding carboxylic acids is 2. The lowest BCUT2D eigenvalue weighted by Gasteiger charge is -2.18. The fraction of sp³-hybridized carbons (Fsp3) is 0.643. The lowest BCUT2D eigenvalue weighted by Crippen LogP contribution is -2.20. The third-order valence-electron chi connectivity index (χ3n) is 6.51. The second-order valence-electron chi connectivity index (χ2n) is 9.01. The smallest absolute Gasteiger partial charge is 0.190 e. The van der Waals surface area contributed by atoms with Gasteiger partial charge in [0.05, 0.1) is 0 Å². The average Bonchev–Trinajstić information content (AvgIpc) is 2.77. The van der Waals surface area contributed by atoms with Gasteiger partial charge in [0, 0.05) is 22.3 Å². The maximum atomic E-state index is 12.7. The predicted octanol–water partition coefficient (Wildman–Crippen LogP) is 8.64. The molecule has 1 aromatic carbocycles. The molecule has 1 aliphatic carbocycles. The first-order valence-electron chi connectivity index (χ1n) is 12.5. The number of ketones is 2. The van der Waals surface area contributed by atoms with Gasteiger partial charge in [-0.1, -0.05) is 121 Å². The molecular formula is C28H42O2. The molecule has 0 N–H and O–H groups in total. The Morgan fingerprint density at radius 3 is 1.43 bits per heavy atom. The summed E-state index contributed by atoms with van der Waals surface area (Å²) in [5.41, 5.74) is 2.56. The summed E-state index contributed by atoms with van der Waals surface area (Å²) < 4.78 is 0. The van der Waals surface area contributed by atoms with Crippen molar-refractivity contribution < 1.29 is 9.59 Å². The van der Waals surface area contributed by atoms with Gasteiger partial charge in [0.1, 0.15) is 0 Å². The van der Waals surface area contributed by atoms with Gasteiger partial charge in [-0.3, -0.25) is 9.59 Å². The molecule has 1 aromatic rings. The zero-order valence-corrected chi connectivity index (χ0v) is 19.4. The molecule has 1 aliphatic rings. The van der Waals surface area contributed by atoms with Crippen LogP contribution < -0.4 is 0 Å². The molecule has 0 aromatic heterocycles. The van der Waals surface area contributed by atoms with Crippen molar-refractivity contribution in [1.82, 2.24) is 0 Å². The van der Waals surface area contributed by atoms with Crippen LogP contribution in [0.3, 0.4) is 0 Å². The third-order valence-corrected chi connectivity index (χ3v) is 6.51. The van der Waals surface area contributed by atoms with E-state index in [0.717, 1.165) is 24.8 Å². The minimum Gasteiger partial charge on any atom is -0.289 e. The van der Waals surface area contributed by atoms with Crippen molar-refractivity contribution in [3.63, 3.8) is 0 Å². The molecule has 0 fully saturated rings. The number of hydrogen-bond donors (Lipinski definition) is 0. The number of rotatable bonds is 16. The minimum absolute atomic E-state index is 0.0289. The molecule has 0 saturated heterocycles. The number of Topliss-reactive ketones (excluding diaryl/α,β-unsaturated/α-hetero) is 2. The quantitative estimate of drug-likeness (QED) is 0.255. The number of fused-ring (bicyclic) bond motifs is 1. The van der Waals surface area contributed by atoms with Gasteiger partial charge >= 0.3 is 0 Å². The Morgan fingerprint density at radius 1 is 0.567 bits per heavy atom. The van der Waals surface area contributed by atoms with Gasteiger partial charge in [-0.2, -0.15) is 0 Å². The predicted molar refractivity (Wildman–Crippen MR) is 127 cm³/mol. The molecular weight excluding hydrogens is 368 g/mol. The van der Waals surface area contributed by atoms with E-state index in [0.29, 0.717) is 16.7 Å². The van der Waals surface area contributed by atoms with Crippen LogP contribution in [0, 0.1) is 0 Å². The van der Waals surface area contributed by atoms with E-state index in [1.807, 2.05) is 19.1 Å². The van der Waals surface area contributed by atoms with Crippen molar-refractivity contribution in [3.05, 3.63) is 46.5 Å². The molecule has 0 unspecified atom stereocenters. The van der Waals surface area contributed by atoms with E-state index in [4.69, 9.17) is 0 Å². The number of benzene rings is 1. The van der Waals surface area contributed by atoms with Crippen molar-refractivity contribution in [3.8, 4) is 0 Å². The van der Waals surface area contributed by atoms with E-state index in [2.05, 4.69) is 6.92 Å². The van der Waals surface area contributed by atoms with E-state index in [9.17, 15) is 9.59 Å². The van der Waals surface area contributed by atoms with Crippen molar-refractivity contribution in [2.24, 2.45) is 0 Å². The Hall–Kier alpha value is -1.70.